The van der Waals surface area contributed by atoms with Crippen LogP contribution in [0.5, 0.6) is 0 Å². The Kier molecular flexibility index (Phi) is 3.69. The molecular formula is C19H14F3N3O. The Morgan fingerprint density at radius 1 is 0.962 bits per heavy atom. The molecule has 2 heterocycles. The number of aromatic nitrogens is 1. The summed E-state index contributed by atoms with van der Waals surface area (Å²) < 4.78 is 40.0. The maximum Gasteiger partial charge on any atom is 0.431 e. The van der Waals surface area contributed by atoms with Crippen LogP contribution in [0.25, 0.3) is 10.9 Å². The quantitative estimate of drug-likeness (QED) is 0.747. The van der Waals surface area contributed by atoms with Gasteiger partial charge in [-0.2, -0.15) is 18.3 Å². The van der Waals surface area contributed by atoms with Gasteiger partial charge in [-0.3, -0.25) is 4.98 Å². The fourth-order valence-electron chi connectivity index (χ4n) is 3.15. The summed E-state index contributed by atoms with van der Waals surface area (Å²) in [6.45, 7) is 0. The number of nitrogens with zero attached hydrogens (tertiary/aromatic N) is 3. The van der Waals surface area contributed by atoms with Gasteiger partial charge in [0.25, 0.3) is 0 Å². The molecule has 1 N–H and O–H groups in total. The Labute approximate surface area is 147 Å². The molecule has 0 fully saturated rings. The van der Waals surface area contributed by atoms with E-state index in [2.05, 4.69) is 10.1 Å². The summed E-state index contributed by atoms with van der Waals surface area (Å²) in [7, 11) is 0. The second kappa shape index (κ2) is 5.81. The van der Waals surface area contributed by atoms with E-state index in [0.717, 1.165) is 10.4 Å². The summed E-state index contributed by atoms with van der Waals surface area (Å²) in [5.41, 5.74) is -1.87. The Morgan fingerprint density at radius 3 is 2.42 bits per heavy atom. The fourth-order valence-corrected chi connectivity index (χ4v) is 3.15. The number of aliphatic hydroxyl groups is 1. The summed E-state index contributed by atoms with van der Waals surface area (Å²) in [5, 5.41) is 16.8. The van der Waals surface area contributed by atoms with Crippen molar-refractivity contribution < 1.29 is 18.3 Å². The van der Waals surface area contributed by atoms with Gasteiger partial charge in [-0.1, -0.05) is 48.5 Å². The highest BCUT2D eigenvalue weighted by molar-refractivity contribution is 5.97. The van der Waals surface area contributed by atoms with E-state index in [-0.39, 0.29) is 0 Å². The van der Waals surface area contributed by atoms with E-state index in [1.54, 1.807) is 66.9 Å². The minimum Gasteiger partial charge on any atom is -0.365 e. The van der Waals surface area contributed by atoms with E-state index in [4.69, 9.17) is 0 Å². The molecule has 3 aromatic rings. The minimum atomic E-state index is -4.63. The number of anilines is 1. The van der Waals surface area contributed by atoms with E-state index in [0.29, 0.717) is 16.8 Å². The van der Waals surface area contributed by atoms with Crippen LogP contribution in [0.4, 0.5) is 18.9 Å². The maximum absolute atomic E-state index is 13.3. The minimum absolute atomic E-state index is 0.314. The lowest BCUT2D eigenvalue weighted by Gasteiger charge is -2.33. The van der Waals surface area contributed by atoms with Crippen LogP contribution in [0.15, 0.2) is 72.0 Å². The van der Waals surface area contributed by atoms with Gasteiger partial charge in [0, 0.05) is 17.1 Å². The zero-order valence-corrected chi connectivity index (χ0v) is 13.5. The van der Waals surface area contributed by atoms with Gasteiger partial charge in [0.05, 0.1) is 17.6 Å². The highest BCUT2D eigenvalue weighted by atomic mass is 19.4. The van der Waals surface area contributed by atoms with E-state index in [1.807, 2.05) is 0 Å². The summed E-state index contributed by atoms with van der Waals surface area (Å²) >= 11 is 0. The summed E-state index contributed by atoms with van der Waals surface area (Å²) in [6, 6.07) is 16.9. The van der Waals surface area contributed by atoms with E-state index < -0.39 is 24.0 Å². The number of hydrogen-bond acceptors (Lipinski definition) is 4. The molecule has 0 spiro atoms. The third kappa shape index (κ3) is 2.61. The molecule has 1 atom stereocenters. The largest absolute Gasteiger partial charge is 0.431 e. The Hall–Kier alpha value is -2.93. The van der Waals surface area contributed by atoms with Crippen LogP contribution < -0.4 is 5.01 Å². The molecule has 132 valence electrons. The number of hydrazone groups is 1. The lowest BCUT2D eigenvalue weighted by atomic mass is 9.96. The van der Waals surface area contributed by atoms with Crippen LogP contribution in [0.2, 0.25) is 0 Å². The standard InChI is InChI=1S/C19H14F3N3O/c20-19(21,22)16-12-18(26,14-8-2-1-3-9-14)25(24-16)15-10-4-6-13-7-5-11-23-17(13)15/h1-11,26H,12H2. The van der Waals surface area contributed by atoms with E-state index in [1.165, 1.54) is 0 Å². The van der Waals surface area contributed by atoms with Gasteiger partial charge in [0.1, 0.15) is 5.71 Å². The monoisotopic (exact) mass is 357 g/mol. The fraction of sp³-hybridized carbons (Fsp3) is 0.158. The van der Waals surface area contributed by atoms with Crippen molar-refractivity contribution in [1.82, 2.24) is 4.98 Å². The number of hydrogen-bond donors (Lipinski definition) is 1. The number of rotatable bonds is 2. The van der Waals surface area contributed by atoms with Crippen LogP contribution in [-0.2, 0) is 5.72 Å². The van der Waals surface area contributed by atoms with Crippen molar-refractivity contribution in [2.75, 3.05) is 5.01 Å². The summed E-state index contributed by atoms with van der Waals surface area (Å²) in [5.74, 6) is 0. The van der Waals surface area contributed by atoms with Crippen LogP contribution in [0, 0.1) is 0 Å². The number of halogens is 3. The normalized spacial score (nSPS) is 20.5. The number of benzene rings is 2. The predicted octanol–water partition coefficient (Wildman–Crippen LogP) is 4.21. The molecule has 0 saturated carbocycles. The highest BCUT2D eigenvalue weighted by Crippen LogP contribution is 2.43. The van der Waals surface area contributed by atoms with Crippen molar-refractivity contribution in [2.45, 2.75) is 18.3 Å². The Morgan fingerprint density at radius 2 is 1.69 bits per heavy atom. The Bertz CT molecular complexity index is 983. The molecule has 1 unspecified atom stereocenters. The molecule has 2 aromatic carbocycles. The molecule has 4 rings (SSSR count). The summed E-state index contributed by atoms with van der Waals surface area (Å²) in [6.07, 6.45) is -3.74. The Balaban J connectivity index is 1.93. The second-order valence-electron chi connectivity index (χ2n) is 6.07. The molecule has 1 aromatic heterocycles. The lowest BCUT2D eigenvalue weighted by Crippen LogP contribution is -2.40. The molecule has 7 heteroatoms. The van der Waals surface area contributed by atoms with Gasteiger partial charge in [0.2, 0.25) is 0 Å². The molecule has 0 aliphatic carbocycles. The van der Waals surface area contributed by atoms with E-state index >= 15 is 0 Å². The molecule has 1 aliphatic rings. The molecule has 0 saturated heterocycles. The first kappa shape index (κ1) is 16.5. The van der Waals surface area contributed by atoms with Crippen molar-refractivity contribution in [3.05, 3.63) is 72.4 Å². The van der Waals surface area contributed by atoms with E-state index in [9.17, 15) is 18.3 Å². The highest BCUT2D eigenvalue weighted by Gasteiger charge is 2.51. The van der Waals surface area contributed by atoms with Crippen molar-refractivity contribution >= 4 is 22.3 Å². The SMILES string of the molecule is OC1(c2ccccc2)CC(C(F)(F)F)=NN1c1cccc2cccnc12. The molecule has 0 radical (unpaired) electrons. The number of pyridine rings is 1. The lowest BCUT2D eigenvalue weighted by molar-refractivity contribution is -0.0626. The van der Waals surface area contributed by atoms with Crippen molar-refractivity contribution in [3.8, 4) is 0 Å². The number of alkyl halides is 3. The van der Waals surface area contributed by atoms with Crippen LogP contribution in [0.1, 0.15) is 12.0 Å². The third-order valence-electron chi connectivity index (χ3n) is 4.39. The predicted molar refractivity (Wildman–Crippen MR) is 92.7 cm³/mol. The first-order valence-corrected chi connectivity index (χ1v) is 7.96. The summed E-state index contributed by atoms with van der Waals surface area (Å²) in [4.78, 5) is 4.27. The van der Waals surface area contributed by atoms with Gasteiger partial charge in [-0.25, -0.2) is 5.01 Å². The maximum atomic E-state index is 13.3. The number of para-hydroxylation sites is 1. The van der Waals surface area contributed by atoms with Gasteiger partial charge < -0.3 is 5.11 Å². The molecule has 0 bridgehead atoms. The van der Waals surface area contributed by atoms with Gasteiger partial charge in [0.15, 0.2) is 5.72 Å². The third-order valence-corrected chi connectivity index (χ3v) is 4.39. The molecule has 4 nitrogen and oxygen atoms in total. The molecular weight excluding hydrogens is 343 g/mol. The second-order valence-corrected chi connectivity index (χ2v) is 6.07. The van der Waals surface area contributed by atoms with Crippen LogP contribution >= 0.6 is 0 Å². The zero-order chi connectivity index (χ0) is 18.4. The van der Waals surface area contributed by atoms with Gasteiger partial charge in [-0.15, -0.1) is 0 Å². The number of fused-ring (bicyclic) bond motifs is 1. The van der Waals surface area contributed by atoms with Crippen molar-refractivity contribution in [3.63, 3.8) is 0 Å². The molecule has 26 heavy (non-hydrogen) atoms. The smallest absolute Gasteiger partial charge is 0.365 e. The molecule has 1 aliphatic heterocycles. The first-order valence-electron chi connectivity index (χ1n) is 7.96. The van der Waals surface area contributed by atoms with Crippen molar-refractivity contribution in [2.24, 2.45) is 5.10 Å². The van der Waals surface area contributed by atoms with Crippen molar-refractivity contribution in [1.29, 1.82) is 0 Å². The topological polar surface area (TPSA) is 48.7 Å². The van der Waals surface area contributed by atoms with Crippen LogP contribution in [0.3, 0.4) is 0 Å². The van der Waals surface area contributed by atoms with Gasteiger partial charge in [-0.05, 0) is 12.1 Å². The average Bonchev–Trinajstić information content (AvgIpc) is 3.01. The zero-order valence-electron chi connectivity index (χ0n) is 13.5. The average molecular weight is 357 g/mol. The van der Waals surface area contributed by atoms with Gasteiger partial charge >= 0.3 is 6.18 Å². The molecule has 0 amide bonds. The first-order chi connectivity index (χ1) is 12.4. The van der Waals surface area contributed by atoms with Crippen LogP contribution in [-0.4, -0.2) is 22.0 Å².